The van der Waals surface area contributed by atoms with E-state index in [4.69, 9.17) is 0 Å². The first kappa shape index (κ1) is 14.5. The number of aromatic nitrogens is 1. The van der Waals surface area contributed by atoms with Crippen molar-refractivity contribution in [2.75, 3.05) is 6.54 Å². The van der Waals surface area contributed by atoms with Crippen molar-refractivity contribution in [1.82, 2.24) is 10.3 Å². The lowest BCUT2D eigenvalue weighted by Crippen LogP contribution is -2.11. The average Bonchev–Trinajstić information content (AvgIpc) is 2.45. The molecule has 0 aliphatic rings. The Morgan fingerprint density at radius 3 is 2.60 bits per heavy atom. The van der Waals surface area contributed by atoms with E-state index >= 15 is 0 Å². The Bertz CT molecular complexity index is 579. The van der Waals surface area contributed by atoms with Gasteiger partial charge in [0, 0.05) is 24.5 Å². The Morgan fingerprint density at radius 1 is 1.10 bits per heavy atom. The summed E-state index contributed by atoms with van der Waals surface area (Å²) in [6.45, 7) is 3.47. The van der Waals surface area contributed by atoms with Crippen LogP contribution in [0.4, 0.5) is 13.2 Å². The molecule has 0 fully saturated rings. The molecule has 0 radical (unpaired) electrons. The predicted octanol–water partition coefficient (Wildman–Crippen LogP) is 3.88. The van der Waals surface area contributed by atoms with E-state index in [2.05, 4.69) is 10.3 Å². The van der Waals surface area contributed by atoms with Crippen LogP contribution in [0, 0.1) is 0 Å². The quantitative estimate of drug-likeness (QED) is 0.919. The monoisotopic (exact) mass is 280 g/mol. The highest BCUT2D eigenvalue weighted by Gasteiger charge is 2.30. The van der Waals surface area contributed by atoms with Crippen LogP contribution < -0.4 is 5.32 Å². The third-order valence-corrected chi connectivity index (χ3v) is 2.90. The smallest absolute Gasteiger partial charge is 0.313 e. The second-order valence-corrected chi connectivity index (χ2v) is 4.44. The van der Waals surface area contributed by atoms with Crippen LogP contribution in [0.2, 0.25) is 0 Å². The number of nitrogens with one attached hydrogen (secondary N) is 1. The topological polar surface area (TPSA) is 24.9 Å². The maximum atomic E-state index is 12.7. The van der Waals surface area contributed by atoms with Crippen LogP contribution in [0.25, 0.3) is 11.1 Å². The molecule has 0 saturated heterocycles. The first-order valence-electron chi connectivity index (χ1n) is 6.33. The highest BCUT2D eigenvalue weighted by Crippen LogP contribution is 2.32. The normalized spacial score (nSPS) is 11.6. The van der Waals surface area contributed by atoms with Gasteiger partial charge in [-0.05, 0) is 35.9 Å². The van der Waals surface area contributed by atoms with E-state index in [1.54, 1.807) is 18.5 Å². The highest BCUT2D eigenvalue weighted by molar-refractivity contribution is 5.64. The number of hydrogen-bond donors (Lipinski definition) is 1. The predicted molar refractivity (Wildman–Crippen MR) is 72.1 cm³/mol. The molecule has 1 N–H and O–H groups in total. The van der Waals surface area contributed by atoms with E-state index in [-0.39, 0.29) is 0 Å². The minimum Gasteiger partial charge on any atom is -0.313 e. The maximum Gasteiger partial charge on any atom is 0.416 e. The van der Waals surface area contributed by atoms with Crippen molar-refractivity contribution < 1.29 is 13.2 Å². The number of rotatable bonds is 4. The Morgan fingerprint density at radius 2 is 1.90 bits per heavy atom. The van der Waals surface area contributed by atoms with Crippen molar-refractivity contribution in [3.63, 3.8) is 0 Å². The molecule has 20 heavy (non-hydrogen) atoms. The zero-order valence-electron chi connectivity index (χ0n) is 11.0. The van der Waals surface area contributed by atoms with E-state index in [0.29, 0.717) is 17.7 Å². The third-order valence-electron chi connectivity index (χ3n) is 2.90. The summed E-state index contributed by atoms with van der Waals surface area (Å²) in [4.78, 5) is 4.08. The van der Waals surface area contributed by atoms with Crippen LogP contribution in [0.1, 0.15) is 18.1 Å². The number of halogens is 3. The Kier molecular flexibility index (Phi) is 4.39. The lowest BCUT2D eigenvalue weighted by molar-refractivity contribution is -0.137. The van der Waals surface area contributed by atoms with Crippen molar-refractivity contribution in [3.8, 4) is 11.1 Å². The van der Waals surface area contributed by atoms with Crippen molar-refractivity contribution in [2.24, 2.45) is 0 Å². The van der Waals surface area contributed by atoms with Gasteiger partial charge in [-0.15, -0.1) is 0 Å². The lowest BCUT2D eigenvalue weighted by Gasteiger charge is -2.09. The summed E-state index contributed by atoms with van der Waals surface area (Å²) < 4.78 is 38.1. The molecule has 2 rings (SSSR count). The molecular weight excluding hydrogens is 265 g/mol. The standard InChI is InChI=1S/C15H15F3N2/c1-2-19-8-11-6-13(10-20-9-11)12-4-3-5-14(7-12)15(16,17)18/h3-7,9-10,19H,2,8H2,1H3. The molecule has 2 aromatic rings. The zero-order valence-corrected chi connectivity index (χ0v) is 11.0. The SMILES string of the molecule is CCNCc1cncc(-c2cccc(C(F)(F)F)c2)c1. The molecule has 0 aliphatic heterocycles. The average molecular weight is 280 g/mol. The molecule has 0 amide bonds. The molecule has 106 valence electrons. The summed E-state index contributed by atoms with van der Waals surface area (Å²) in [5.74, 6) is 0. The lowest BCUT2D eigenvalue weighted by atomic mass is 10.0. The number of hydrogen-bond acceptors (Lipinski definition) is 2. The van der Waals surface area contributed by atoms with Gasteiger partial charge < -0.3 is 5.32 Å². The second kappa shape index (κ2) is 6.05. The fourth-order valence-corrected chi connectivity index (χ4v) is 1.89. The number of pyridine rings is 1. The Labute approximate surface area is 115 Å². The zero-order chi connectivity index (χ0) is 14.6. The Hall–Kier alpha value is -1.88. The third kappa shape index (κ3) is 3.57. The summed E-state index contributed by atoms with van der Waals surface area (Å²) in [5, 5.41) is 3.16. The van der Waals surface area contributed by atoms with Gasteiger partial charge >= 0.3 is 6.18 Å². The summed E-state index contributed by atoms with van der Waals surface area (Å²) in [7, 11) is 0. The van der Waals surface area contributed by atoms with E-state index < -0.39 is 11.7 Å². The Balaban J connectivity index is 2.32. The van der Waals surface area contributed by atoms with Crippen molar-refractivity contribution in [3.05, 3.63) is 53.9 Å². The van der Waals surface area contributed by atoms with Crippen molar-refractivity contribution in [1.29, 1.82) is 0 Å². The molecule has 0 saturated carbocycles. The molecule has 0 atom stereocenters. The highest BCUT2D eigenvalue weighted by atomic mass is 19.4. The van der Waals surface area contributed by atoms with Gasteiger partial charge in [-0.3, -0.25) is 4.98 Å². The molecule has 0 unspecified atom stereocenters. The summed E-state index contributed by atoms with van der Waals surface area (Å²) in [6.07, 6.45) is -1.05. The van der Waals surface area contributed by atoms with E-state index in [1.807, 2.05) is 13.0 Å². The van der Waals surface area contributed by atoms with E-state index in [9.17, 15) is 13.2 Å². The first-order chi connectivity index (χ1) is 9.50. The van der Waals surface area contributed by atoms with Gasteiger partial charge in [0.1, 0.15) is 0 Å². The molecule has 2 nitrogen and oxygen atoms in total. The van der Waals surface area contributed by atoms with Crippen LogP contribution in [-0.4, -0.2) is 11.5 Å². The van der Waals surface area contributed by atoms with Gasteiger partial charge in [0.05, 0.1) is 5.56 Å². The summed E-state index contributed by atoms with van der Waals surface area (Å²) in [5.41, 5.74) is 1.51. The minimum atomic E-state index is -4.33. The molecule has 0 bridgehead atoms. The second-order valence-electron chi connectivity index (χ2n) is 4.44. The number of benzene rings is 1. The molecule has 0 spiro atoms. The largest absolute Gasteiger partial charge is 0.416 e. The molecule has 1 aromatic carbocycles. The van der Waals surface area contributed by atoms with Crippen LogP contribution in [0.3, 0.4) is 0 Å². The molecule has 5 heteroatoms. The molecule has 0 aliphatic carbocycles. The van der Waals surface area contributed by atoms with Crippen molar-refractivity contribution in [2.45, 2.75) is 19.6 Å². The summed E-state index contributed by atoms with van der Waals surface area (Å²) in [6, 6.07) is 7.14. The molecule has 1 aromatic heterocycles. The van der Waals surface area contributed by atoms with E-state index in [1.165, 1.54) is 6.07 Å². The minimum absolute atomic E-state index is 0.519. The summed E-state index contributed by atoms with van der Waals surface area (Å²) >= 11 is 0. The van der Waals surface area contributed by atoms with Gasteiger partial charge in [-0.2, -0.15) is 13.2 Å². The van der Waals surface area contributed by atoms with Crippen LogP contribution in [-0.2, 0) is 12.7 Å². The maximum absolute atomic E-state index is 12.7. The van der Waals surface area contributed by atoms with Gasteiger partial charge in [0.25, 0.3) is 0 Å². The van der Waals surface area contributed by atoms with Crippen LogP contribution in [0.5, 0.6) is 0 Å². The first-order valence-corrected chi connectivity index (χ1v) is 6.33. The van der Waals surface area contributed by atoms with Crippen LogP contribution >= 0.6 is 0 Å². The van der Waals surface area contributed by atoms with E-state index in [0.717, 1.165) is 24.2 Å². The van der Waals surface area contributed by atoms with Crippen LogP contribution in [0.15, 0.2) is 42.7 Å². The van der Waals surface area contributed by atoms with Gasteiger partial charge in [0.15, 0.2) is 0 Å². The number of nitrogens with zero attached hydrogens (tertiary/aromatic N) is 1. The van der Waals surface area contributed by atoms with Gasteiger partial charge in [-0.1, -0.05) is 19.1 Å². The van der Waals surface area contributed by atoms with Gasteiger partial charge in [-0.25, -0.2) is 0 Å². The van der Waals surface area contributed by atoms with Gasteiger partial charge in [0.2, 0.25) is 0 Å². The number of alkyl halides is 3. The fraction of sp³-hybridized carbons (Fsp3) is 0.267. The molecular formula is C15H15F3N2. The fourth-order valence-electron chi connectivity index (χ4n) is 1.89. The molecule has 1 heterocycles. The van der Waals surface area contributed by atoms with Crippen molar-refractivity contribution >= 4 is 0 Å².